The van der Waals surface area contributed by atoms with Crippen molar-refractivity contribution >= 4 is 0 Å². The fraction of sp³-hybridized carbons (Fsp3) is 0.684. The molecule has 0 bridgehead atoms. The number of rotatable bonds is 7. The van der Waals surface area contributed by atoms with E-state index >= 15 is 0 Å². The van der Waals surface area contributed by atoms with Crippen LogP contribution >= 0.6 is 0 Å². The second-order valence-corrected chi connectivity index (χ2v) is 7.46. The zero-order valence-corrected chi connectivity index (χ0v) is 14.8. The van der Waals surface area contributed by atoms with E-state index in [0.717, 1.165) is 32.0 Å². The Kier molecular flexibility index (Phi) is 6.60. The minimum atomic E-state index is -0.147. The molecule has 1 aromatic rings. The van der Waals surface area contributed by atoms with Gasteiger partial charge in [-0.05, 0) is 62.9 Å². The topological polar surface area (TPSA) is 30.5 Å². The summed E-state index contributed by atoms with van der Waals surface area (Å²) in [6, 6.07) is 7.54. The van der Waals surface area contributed by atoms with E-state index in [1.165, 1.54) is 44.5 Å². The van der Waals surface area contributed by atoms with E-state index in [1.54, 1.807) is 12.1 Å². The Morgan fingerprint density at radius 3 is 2.79 bits per heavy atom. The second-order valence-electron chi connectivity index (χ2n) is 7.46. The van der Waals surface area contributed by atoms with E-state index in [4.69, 9.17) is 0 Å². The second kappa shape index (κ2) is 8.90. The number of hydrazine groups is 1. The molecule has 5 heteroatoms. The molecular formula is C19H31FN4. The number of halogens is 1. The summed E-state index contributed by atoms with van der Waals surface area (Å²) in [4.78, 5) is 5.07. The van der Waals surface area contributed by atoms with Crippen molar-refractivity contribution < 1.29 is 4.39 Å². The van der Waals surface area contributed by atoms with Crippen LogP contribution in [0.1, 0.15) is 24.8 Å². The monoisotopic (exact) mass is 334 g/mol. The van der Waals surface area contributed by atoms with Gasteiger partial charge in [-0.2, -0.15) is 0 Å². The van der Waals surface area contributed by atoms with Crippen molar-refractivity contribution in [2.45, 2.75) is 31.7 Å². The van der Waals surface area contributed by atoms with Crippen LogP contribution in [0.2, 0.25) is 0 Å². The summed E-state index contributed by atoms with van der Waals surface area (Å²) >= 11 is 0. The van der Waals surface area contributed by atoms with Gasteiger partial charge in [0.25, 0.3) is 0 Å². The average molecular weight is 334 g/mol. The van der Waals surface area contributed by atoms with Crippen LogP contribution in [0, 0.1) is 11.7 Å². The Labute approximate surface area is 145 Å². The van der Waals surface area contributed by atoms with Gasteiger partial charge >= 0.3 is 0 Å². The Morgan fingerprint density at radius 1 is 1.21 bits per heavy atom. The van der Waals surface area contributed by atoms with Gasteiger partial charge in [0.05, 0.1) is 0 Å². The van der Waals surface area contributed by atoms with Gasteiger partial charge in [-0.25, -0.2) is 4.39 Å². The Hall–Kier alpha value is -1.01. The number of piperidine rings is 1. The molecule has 24 heavy (non-hydrogen) atoms. The molecule has 0 spiro atoms. The first-order valence-electron chi connectivity index (χ1n) is 9.33. The molecule has 4 nitrogen and oxygen atoms in total. The Bertz CT molecular complexity index is 487. The van der Waals surface area contributed by atoms with Crippen LogP contribution in [-0.4, -0.2) is 62.2 Å². The van der Waals surface area contributed by atoms with Crippen LogP contribution in [0.5, 0.6) is 0 Å². The number of likely N-dealkylation sites (tertiary alicyclic amines) is 1. The lowest BCUT2D eigenvalue weighted by Crippen LogP contribution is -2.44. The average Bonchev–Trinajstić information content (AvgIpc) is 3.07. The summed E-state index contributed by atoms with van der Waals surface area (Å²) in [6.45, 7) is 6.88. The number of nitrogens with zero attached hydrogens (tertiary/aromatic N) is 2. The van der Waals surface area contributed by atoms with Crippen LogP contribution in [-0.2, 0) is 6.42 Å². The smallest absolute Gasteiger partial charge is 0.123 e. The molecule has 0 aliphatic carbocycles. The molecule has 0 aromatic heterocycles. The highest BCUT2D eigenvalue weighted by molar-refractivity contribution is 5.16. The van der Waals surface area contributed by atoms with E-state index in [0.29, 0.717) is 6.04 Å². The van der Waals surface area contributed by atoms with Crippen molar-refractivity contribution in [1.82, 2.24) is 20.7 Å². The fourth-order valence-electron chi connectivity index (χ4n) is 4.01. The van der Waals surface area contributed by atoms with Gasteiger partial charge in [0.15, 0.2) is 0 Å². The molecule has 0 amide bonds. The lowest BCUT2D eigenvalue weighted by molar-refractivity contribution is 0.141. The molecule has 2 saturated heterocycles. The van der Waals surface area contributed by atoms with Gasteiger partial charge in [-0.3, -0.25) is 10.9 Å². The van der Waals surface area contributed by atoms with Gasteiger partial charge in [0, 0.05) is 38.8 Å². The molecule has 0 saturated carbocycles. The molecular weight excluding hydrogens is 303 g/mol. The van der Waals surface area contributed by atoms with E-state index in [2.05, 4.69) is 27.7 Å². The molecule has 2 aliphatic rings. The number of hydrogen-bond acceptors (Lipinski definition) is 4. The highest BCUT2D eigenvalue weighted by Gasteiger charge is 2.22. The van der Waals surface area contributed by atoms with Gasteiger partial charge in [0.1, 0.15) is 5.82 Å². The van der Waals surface area contributed by atoms with Gasteiger partial charge in [-0.15, -0.1) is 0 Å². The highest BCUT2D eigenvalue weighted by Crippen LogP contribution is 2.18. The fourth-order valence-corrected chi connectivity index (χ4v) is 4.01. The standard InChI is InChI=1S/C19H31FN4/c1-23(15-19-8-10-21-22-19)13-17-3-2-11-24(14-17)12-9-16-4-6-18(20)7-5-16/h4-7,17,19,21-22H,2-3,8-15H2,1H3. The number of hydrogen-bond donors (Lipinski definition) is 2. The molecule has 2 aliphatic heterocycles. The van der Waals surface area contributed by atoms with Crippen LogP contribution in [0.25, 0.3) is 0 Å². The minimum absolute atomic E-state index is 0.147. The molecule has 2 N–H and O–H groups in total. The molecule has 0 radical (unpaired) electrons. The molecule has 2 atom stereocenters. The molecule has 3 rings (SSSR count). The first-order valence-corrected chi connectivity index (χ1v) is 9.33. The first-order chi connectivity index (χ1) is 11.7. The van der Waals surface area contributed by atoms with Crippen LogP contribution in [0.15, 0.2) is 24.3 Å². The Balaban J connectivity index is 1.39. The first kappa shape index (κ1) is 17.8. The third-order valence-electron chi connectivity index (χ3n) is 5.26. The van der Waals surface area contributed by atoms with Crippen molar-refractivity contribution in [3.8, 4) is 0 Å². The largest absolute Gasteiger partial charge is 0.304 e. The van der Waals surface area contributed by atoms with Gasteiger partial charge in [-0.1, -0.05) is 12.1 Å². The summed E-state index contributed by atoms with van der Waals surface area (Å²) in [6.07, 6.45) is 4.87. The summed E-state index contributed by atoms with van der Waals surface area (Å²) < 4.78 is 13.0. The molecule has 2 fully saturated rings. The van der Waals surface area contributed by atoms with Crippen LogP contribution in [0.3, 0.4) is 0 Å². The van der Waals surface area contributed by atoms with Crippen molar-refractivity contribution in [3.63, 3.8) is 0 Å². The van der Waals surface area contributed by atoms with Crippen molar-refractivity contribution in [2.75, 3.05) is 46.3 Å². The third kappa shape index (κ3) is 5.52. The van der Waals surface area contributed by atoms with Gasteiger partial charge in [0.2, 0.25) is 0 Å². The van der Waals surface area contributed by atoms with E-state index in [9.17, 15) is 4.39 Å². The van der Waals surface area contributed by atoms with E-state index in [1.807, 2.05) is 12.1 Å². The lowest BCUT2D eigenvalue weighted by Gasteiger charge is -2.35. The zero-order valence-electron chi connectivity index (χ0n) is 14.8. The summed E-state index contributed by atoms with van der Waals surface area (Å²) in [7, 11) is 2.25. The number of likely N-dealkylation sites (N-methyl/N-ethyl adjacent to an activating group) is 1. The number of nitrogens with one attached hydrogen (secondary N) is 2. The zero-order chi connectivity index (χ0) is 16.8. The number of benzene rings is 1. The lowest BCUT2D eigenvalue weighted by atomic mass is 9.97. The molecule has 2 unspecified atom stereocenters. The molecule has 1 aromatic carbocycles. The van der Waals surface area contributed by atoms with Crippen LogP contribution < -0.4 is 10.9 Å². The quantitative estimate of drug-likeness (QED) is 0.797. The predicted molar refractivity (Wildman–Crippen MR) is 96.3 cm³/mol. The third-order valence-corrected chi connectivity index (χ3v) is 5.26. The van der Waals surface area contributed by atoms with Crippen LogP contribution in [0.4, 0.5) is 4.39 Å². The maximum Gasteiger partial charge on any atom is 0.123 e. The minimum Gasteiger partial charge on any atom is -0.304 e. The Morgan fingerprint density at radius 2 is 2.04 bits per heavy atom. The summed E-state index contributed by atoms with van der Waals surface area (Å²) in [5.41, 5.74) is 7.79. The molecule has 134 valence electrons. The SMILES string of the molecule is CN(CC1CCCN(CCc2ccc(F)cc2)C1)CC1CCNN1. The maximum atomic E-state index is 13.0. The van der Waals surface area contributed by atoms with Crippen molar-refractivity contribution in [2.24, 2.45) is 5.92 Å². The van der Waals surface area contributed by atoms with Crippen molar-refractivity contribution in [3.05, 3.63) is 35.6 Å². The normalized spacial score (nSPS) is 25.5. The molecule has 2 heterocycles. The van der Waals surface area contributed by atoms with Crippen molar-refractivity contribution in [1.29, 1.82) is 0 Å². The summed E-state index contributed by atoms with van der Waals surface area (Å²) in [5.74, 6) is 0.623. The van der Waals surface area contributed by atoms with E-state index in [-0.39, 0.29) is 5.82 Å². The highest BCUT2D eigenvalue weighted by atomic mass is 19.1. The van der Waals surface area contributed by atoms with E-state index < -0.39 is 0 Å². The maximum absolute atomic E-state index is 13.0. The predicted octanol–water partition coefficient (Wildman–Crippen LogP) is 1.88. The van der Waals surface area contributed by atoms with Gasteiger partial charge < -0.3 is 9.80 Å². The summed E-state index contributed by atoms with van der Waals surface area (Å²) in [5, 5.41) is 0.